The molecule has 0 radical (unpaired) electrons. The lowest BCUT2D eigenvalue weighted by Crippen LogP contribution is -2.26. The Kier molecular flexibility index (Phi) is 5.51. The molecule has 0 bridgehead atoms. The lowest BCUT2D eigenvalue weighted by molar-refractivity contribution is 0.102. The molecule has 1 amide bonds. The van der Waals surface area contributed by atoms with Gasteiger partial charge >= 0.3 is 0 Å². The number of nitrogens with zero attached hydrogens (tertiary/aromatic N) is 3. The van der Waals surface area contributed by atoms with Gasteiger partial charge in [0, 0.05) is 30.5 Å². The van der Waals surface area contributed by atoms with Crippen molar-refractivity contribution in [2.45, 2.75) is 20.8 Å². The number of hydrogen-bond acceptors (Lipinski definition) is 5. The van der Waals surface area contributed by atoms with Gasteiger partial charge in [-0.1, -0.05) is 6.07 Å². The summed E-state index contributed by atoms with van der Waals surface area (Å²) in [6.07, 6.45) is 0. The van der Waals surface area contributed by atoms with Crippen LogP contribution < -0.4 is 15.0 Å². The van der Waals surface area contributed by atoms with E-state index in [1.54, 1.807) is 25.3 Å². The smallest absolute Gasteiger partial charge is 0.274 e. The van der Waals surface area contributed by atoms with Crippen molar-refractivity contribution in [2.24, 2.45) is 0 Å². The first kappa shape index (κ1) is 16.7. The number of carbonyl (C=O) groups is 1. The summed E-state index contributed by atoms with van der Waals surface area (Å²) < 4.78 is 5.16. The summed E-state index contributed by atoms with van der Waals surface area (Å²) in [5.74, 6) is 0.994. The molecule has 2 aromatic rings. The molecule has 2 rings (SSSR count). The van der Waals surface area contributed by atoms with Gasteiger partial charge in [0.1, 0.15) is 11.4 Å². The normalized spacial score (nSPS) is 10.3. The third-order valence-electron chi connectivity index (χ3n) is 3.45. The van der Waals surface area contributed by atoms with E-state index in [-0.39, 0.29) is 5.91 Å². The van der Waals surface area contributed by atoms with Crippen LogP contribution in [0.25, 0.3) is 0 Å². The average Bonchev–Trinajstić information content (AvgIpc) is 2.55. The maximum Gasteiger partial charge on any atom is 0.274 e. The van der Waals surface area contributed by atoms with Crippen LogP contribution in [0, 0.1) is 6.92 Å². The number of ether oxygens (including phenoxy) is 1. The van der Waals surface area contributed by atoms with Gasteiger partial charge in [0.25, 0.3) is 5.91 Å². The first-order valence-electron chi connectivity index (χ1n) is 7.63. The van der Waals surface area contributed by atoms with Crippen molar-refractivity contribution in [3.8, 4) is 5.75 Å². The van der Waals surface area contributed by atoms with Gasteiger partial charge in [-0.3, -0.25) is 4.79 Å². The van der Waals surface area contributed by atoms with Gasteiger partial charge in [-0.15, -0.1) is 0 Å². The van der Waals surface area contributed by atoms with Crippen molar-refractivity contribution in [3.05, 3.63) is 41.7 Å². The molecule has 0 spiro atoms. The van der Waals surface area contributed by atoms with Crippen LogP contribution >= 0.6 is 0 Å². The zero-order valence-corrected chi connectivity index (χ0v) is 14.0. The van der Waals surface area contributed by atoms with Crippen LogP contribution in [0.4, 0.5) is 11.6 Å². The molecule has 0 aliphatic carbocycles. The Morgan fingerprint density at radius 3 is 2.61 bits per heavy atom. The highest BCUT2D eigenvalue weighted by atomic mass is 16.5. The fourth-order valence-corrected chi connectivity index (χ4v) is 2.21. The zero-order chi connectivity index (χ0) is 16.8. The molecule has 0 saturated carbocycles. The number of anilines is 2. The molecule has 1 N–H and O–H groups in total. The van der Waals surface area contributed by atoms with Crippen molar-refractivity contribution in [1.82, 2.24) is 9.97 Å². The Bertz CT molecular complexity index is 684. The number of benzene rings is 1. The standard InChI is InChI=1S/C17H22N4O2/c1-5-21(6-2)17-18-12(3)10-15(20-17)16(22)19-13-8-7-9-14(11-13)23-4/h7-11H,5-6H2,1-4H3,(H,19,22). The van der Waals surface area contributed by atoms with Gasteiger partial charge in [-0.25, -0.2) is 9.97 Å². The van der Waals surface area contributed by atoms with Gasteiger partial charge in [-0.05, 0) is 39.0 Å². The number of rotatable bonds is 6. The van der Waals surface area contributed by atoms with Gasteiger partial charge in [0.2, 0.25) is 5.95 Å². The maximum atomic E-state index is 12.5. The second-order valence-electron chi connectivity index (χ2n) is 5.05. The number of nitrogens with one attached hydrogen (secondary N) is 1. The molecule has 122 valence electrons. The van der Waals surface area contributed by atoms with E-state index in [2.05, 4.69) is 15.3 Å². The van der Waals surface area contributed by atoms with Crippen LogP contribution in [-0.2, 0) is 0 Å². The number of aryl methyl sites for hydroxylation is 1. The summed E-state index contributed by atoms with van der Waals surface area (Å²) in [6.45, 7) is 7.50. The highest BCUT2D eigenvalue weighted by Crippen LogP contribution is 2.18. The van der Waals surface area contributed by atoms with E-state index in [0.717, 1.165) is 18.8 Å². The van der Waals surface area contributed by atoms with Crippen molar-refractivity contribution >= 4 is 17.5 Å². The molecule has 1 heterocycles. The number of aromatic nitrogens is 2. The number of hydrogen-bond donors (Lipinski definition) is 1. The Balaban J connectivity index is 2.24. The summed E-state index contributed by atoms with van der Waals surface area (Å²) in [6, 6.07) is 8.89. The zero-order valence-electron chi connectivity index (χ0n) is 14.0. The van der Waals surface area contributed by atoms with Crippen molar-refractivity contribution in [1.29, 1.82) is 0 Å². The minimum Gasteiger partial charge on any atom is -0.497 e. The molecule has 1 aromatic carbocycles. The molecule has 0 unspecified atom stereocenters. The second kappa shape index (κ2) is 7.58. The van der Waals surface area contributed by atoms with Crippen molar-refractivity contribution in [3.63, 3.8) is 0 Å². The summed E-state index contributed by atoms with van der Waals surface area (Å²) in [7, 11) is 1.59. The van der Waals surface area contributed by atoms with E-state index < -0.39 is 0 Å². The largest absolute Gasteiger partial charge is 0.497 e. The van der Waals surface area contributed by atoms with E-state index >= 15 is 0 Å². The lowest BCUT2D eigenvalue weighted by Gasteiger charge is -2.19. The third-order valence-corrected chi connectivity index (χ3v) is 3.45. The highest BCUT2D eigenvalue weighted by molar-refractivity contribution is 6.03. The first-order chi connectivity index (χ1) is 11.1. The molecule has 6 heteroatoms. The van der Waals surface area contributed by atoms with E-state index in [1.165, 1.54) is 0 Å². The molecule has 23 heavy (non-hydrogen) atoms. The van der Waals surface area contributed by atoms with Crippen LogP contribution in [-0.4, -0.2) is 36.1 Å². The van der Waals surface area contributed by atoms with Gasteiger partial charge in [0.15, 0.2) is 0 Å². The number of methoxy groups -OCH3 is 1. The van der Waals surface area contributed by atoms with E-state index in [0.29, 0.717) is 23.1 Å². The Morgan fingerprint density at radius 1 is 1.22 bits per heavy atom. The van der Waals surface area contributed by atoms with Gasteiger partial charge in [-0.2, -0.15) is 0 Å². The predicted octanol–water partition coefficient (Wildman–Crippen LogP) is 2.89. The van der Waals surface area contributed by atoms with Crippen LogP contribution in [0.5, 0.6) is 5.75 Å². The molecule has 0 saturated heterocycles. The Morgan fingerprint density at radius 2 is 1.96 bits per heavy atom. The molecule has 0 fully saturated rings. The molecule has 1 aromatic heterocycles. The molecular formula is C17H22N4O2. The predicted molar refractivity (Wildman–Crippen MR) is 91.3 cm³/mol. The summed E-state index contributed by atoms with van der Waals surface area (Å²) >= 11 is 0. The van der Waals surface area contributed by atoms with E-state index in [9.17, 15) is 4.79 Å². The van der Waals surface area contributed by atoms with Gasteiger partial charge in [0.05, 0.1) is 7.11 Å². The maximum absolute atomic E-state index is 12.5. The topological polar surface area (TPSA) is 67.4 Å². The second-order valence-corrected chi connectivity index (χ2v) is 5.05. The lowest BCUT2D eigenvalue weighted by atomic mass is 10.2. The SMILES string of the molecule is CCN(CC)c1nc(C)cc(C(=O)Nc2cccc(OC)c2)n1. The summed E-state index contributed by atoms with van der Waals surface area (Å²) in [5, 5.41) is 2.83. The number of carbonyl (C=O) groups excluding carboxylic acids is 1. The first-order valence-corrected chi connectivity index (χ1v) is 7.63. The monoisotopic (exact) mass is 314 g/mol. The highest BCUT2D eigenvalue weighted by Gasteiger charge is 2.14. The van der Waals surface area contributed by atoms with E-state index in [1.807, 2.05) is 37.8 Å². The van der Waals surface area contributed by atoms with Crippen LogP contribution in [0.3, 0.4) is 0 Å². The van der Waals surface area contributed by atoms with Crippen LogP contribution in [0.1, 0.15) is 30.0 Å². The number of amides is 1. The minimum atomic E-state index is -0.267. The van der Waals surface area contributed by atoms with Gasteiger partial charge < -0.3 is 15.0 Å². The molecule has 0 atom stereocenters. The van der Waals surface area contributed by atoms with Crippen LogP contribution in [0.15, 0.2) is 30.3 Å². The molecular weight excluding hydrogens is 292 g/mol. The van der Waals surface area contributed by atoms with Crippen molar-refractivity contribution < 1.29 is 9.53 Å². The third kappa shape index (κ3) is 4.18. The molecule has 0 aliphatic heterocycles. The summed E-state index contributed by atoms with van der Waals surface area (Å²) in [4.78, 5) is 23.3. The molecule has 0 aliphatic rings. The van der Waals surface area contributed by atoms with Crippen molar-refractivity contribution in [2.75, 3.05) is 30.4 Å². The minimum absolute atomic E-state index is 0.267. The fraction of sp³-hybridized carbons (Fsp3) is 0.353. The summed E-state index contributed by atoms with van der Waals surface area (Å²) in [5.41, 5.74) is 1.77. The Labute approximate surface area is 136 Å². The fourth-order valence-electron chi connectivity index (χ4n) is 2.21. The van der Waals surface area contributed by atoms with E-state index in [4.69, 9.17) is 4.74 Å². The quantitative estimate of drug-likeness (QED) is 0.888. The Hall–Kier alpha value is -2.63. The molecule has 6 nitrogen and oxygen atoms in total. The average molecular weight is 314 g/mol. The van der Waals surface area contributed by atoms with Crippen LogP contribution in [0.2, 0.25) is 0 Å².